The molecule has 0 aliphatic heterocycles. The largest absolute Gasteiger partial charge is 0.504 e. The highest BCUT2D eigenvalue weighted by Gasteiger charge is 1.90. The van der Waals surface area contributed by atoms with Crippen molar-refractivity contribution >= 4 is 29.6 Å². The molecule has 74 valence electrons. The molecule has 1 aromatic carbocycles. The van der Waals surface area contributed by atoms with Crippen LogP contribution in [0.25, 0.3) is 0 Å². The number of rotatable bonds is 0. The molecule has 0 saturated heterocycles. The number of hydrogen-bond donors (Lipinski definition) is 2. The fourth-order valence-electron chi connectivity index (χ4n) is 0.464. The van der Waals surface area contributed by atoms with Crippen molar-refractivity contribution in [1.82, 2.24) is 0 Å². The first kappa shape index (κ1) is 12.3. The smallest absolute Gasteiger partial charge is 0.317 e. The molecule has 4 nitrogen and oxygen atoms in total. The summed E-state index contributed by atoms with van der Waals surface area (Å²) in [5, 5.41) is 17.3. The maximum absolute atomic E-state index is 9.16. The molecule has 0 spiro atoms. The number of phenols is 2. The van der Waals surface area contributed by atoms with Crippen molar-refractivity contribution in [2.24, 2.45) is 0 Å². The summed E-state index contributed by atoms with van der Waals surface area (Å²) in [4.78, 5) is 0. The number of phenolic OH excluding ortho intramolecular Hbond substituents is 2. The second kappa shape index (κ2) is 5.16. The third-order valence-electron chi connectivity index (χ3n) is 0.882. The van der Waals surface area contributed by atoms with Gasteiger partial charge in [0.05, 0.1) is 0 Å². The van der Waals surface area contributed by atoms with Crippen molar-refractivity contribution in [1.29, 1.82) is 0 Å². The summed E-state index contributed by atoms with van der Waals surface area (Å²) in [7, 11) is 4.81. The quantitative estimate of drug-likeness (QED) is 0.539. The summed E-state index contributed by atoms with van der Waals surface area (Å²) in [6.07, 6.45) is 0. The van der Waals surface area contributed by atoms with Gasteiger partial charge in [0.15, 0.2) is 11.5 Å². The molecule has 13 heavy (non-hydrogen) atoms. The molecule has 2 N–H and O–H groups in total. The Kier molecular flexibility index (Phi) is 4.90. The van der Waals surface area contributed by atoms with Crippen LogP contribution in [-0.4, -0.2) is 18.6 Å². The Morgan fingerprint density at radius 1 is 1.00 bits per heavy atom. The van der Waals surface area contributed by atoms with Gasteiger partial charge >= 0.3 is 8.26 Å². The first-order valence-electron chi connectivity index (χ1n) is 2.92. The fraction of sp³-hybridized carbons (Fsp3) is 0. The Bertz CT molecular complexity index is 334. The molecule has 0 radical (unpaired) electrons. The zero-order chi connectivity index (χ0) is 10.5. The zero-order valence-electron chi connectivity index (χ0n) is 6.18. The summed E-state index contributed by atoms with van der Waals surface area (Å²) in [6.45, 7) is 0. The molecule has 0 atom stereocenters. The molecular formula is C6H6Cl2O4S. The van der Waals surface area contributed by atoms with Crippen LogP contribution in [0.1, 0.15) is 0 Å². The lowest BCUT2D eigenvalue weighted by Crippen LogP contribution is -1.63. The molecule has 1 rings (SSSR count). The van der Waals surface area contributed by atoms with Gasteiger partial charge in [-0.1, -0.05) is 12.1 Å². The van der Waals surface area contributed by atoms with Crippen LogP contribution >= 0.6 is 21.4 Å². The van der Waals surface area contributed by atoms with Crippen LogP contribution in [0.5, 0.6) is 11.5 Å². The van der Waals surface area contributed by atoms with Crippen molar-refractivity contribution in [3.63, 3.8) is 0 Å². The minimum absolute atomic E-state index is 0.0764. The normalized spacial score (nSPS) is 10.0. The number of halogens is 2. The Morgan fingerprint density at radius 3 is 1.38 bits per heavy atom. The van der Waals surface area contributed by atoms with E-state index in [1.54, 1.807) is 12.1 Å². The van der Waals surface area contributed by atoms with Gasteiger partial charge in [0.2, 0.25) is 0 Å². The maximum atomic E-state index is 9.16. The highest BCUT2D eigenvalue weighted by atomic mass is 36.0. The minimum Gasteiger partial charge on any atom is -0.504 e. The van der Waals surface area contributed by atoms with E-state index in [-0.39, 0.29) is 11.5 Å². The monoisotopic (exact) mass is 244 g/mol. The lowest BCUT2D eigenvalue weighted by atomic mass is 10.3. The van der Waals surface area contributed by atoms with E-state index in [1.807, 2.05) is 0 Å². The molecule has 0 unspecified atom stereocenters. The van der Waals surface area contributed by atoms with Gasteiger partial charge in [0, 0.05) is 21.4 Å². The van der Waals surface area contributed by atoms with E-state index in [0.29, 0.717) is 0 Å². The third kappa shape index (κ3) is 9.26. The SMILES string of the molecule is O=S(=O)(Cl)Cl.Oc1ccccc1O. The molecule has 0 bridgehead atoms. The predicted molar refractivity (Wildman–Crippen MR) is 50.4 cm³/mol. The average Bonchev–Trinajstić information content (AvgIpc) is 1.92. The Balaban J connectivity index is 0.000000252. The van der Waals surface area contributed by atoms with E-state index < -0.39 is 8.26 Å². The highest BCUT2D eigenvalue weighted by Crippen LogP contribution is 2.21. The van der Waals surface area contributed by atoms with E-state index in [0.717, 1.165) is 0 Å². The maximum Gasteiger partial charge on any atom is 0.317 e. The molecule has 0 fully saturated rings. The van der Waals surface area contributed by atoms with E-state index in [2.05, 4.69) is 21.4 Å². The first-order valence-corrected chi connectivity index (χ1v) is 6.05. The fourth-order valence-corrected chi connectivity index (χ4v) is 0.464. The van der Waals surface area contributed by atoms with Gasteiger partial charge in [-0.05, 0) is 12.1 Å². The van der Waals surface area contributed by atoms with Crippen molar-refractivity contribution < 1.29 is 18.6 Å². The molecule has 7 heteroatoms. The molecule has 0 aliphatic carbocycles. The molecular weight excluding hydrogens is 239 g/mol. The third-order valence-corrected chi connectivity index (χ3v) is 0.882. The summed E-state index contributed by atoms with van der Waals surface area (Å²) in [5.74, 6) is -0.153. The van der Waals surface area contributed by atoms with Gasteiger partial charge < -0.3 is 10.2 Å². The summed E-state index contributed by atoms with van der Waals surface area (Å²) in [5.41, 5.74) is 0. The van der Waals surface area contributed by atoms with Crippen molar-refractivity contribution in [2.75, 3.05) is 0 Å². The Hall–Kier alpha value is -0.650. The van der Waals surface area contributed by atoms with Gasteiger partial charge in [0.1, 0.15) is 0 Å². The number of benzene rings is 1. The van der Waals surface area contributed by atoms with Gasteiger partial charge in [0.25, 0.3) is 0 Å². The molecule has 1 aromatic rings. The molecule has 0 heterocycles. The Morgan fingerprint density at radius 2 is 1.23 bits per heavy atom. The van der Waals surface area contributed by atoms with Crippen LogP contribution in [0.15, 0.2) is 24.3 Å². The topological polar surface area (TPSA) is 74.6 Å². The van der Waals surface area contributed by atoms with Gasteiger partial charge in [-0.3, -0.25) is 0 Å². The zero-order valence-corrected chi connectivity index (χ0v) is 8.51. The van der Waals surface area contributed by atoms with E-state index in [1.165, 1.54) is 12.1 Å². The summed E-state index contributed by atoms with van der Waals surface area (Å²) >= 11 is 0. The van der Waals surface area contributed by atoms with Crippen molar-refractivity contribution in [3.8, 4) is 11.5 Å². The van der Waals surface area contributed by atoms with Gasteiger partial charge in [-0.15, -0.1) is 0 Å². The van der Waals surface area contributed by atoms with Crippen LogP contribution in [0, 0.1) is 0 Å². The summed E-state index contributed by atoms with van der Waals surface area (Å²) in [6, 6.07) is 6.15. The standard InChI is InChI=1S/C6H6O2.Cl2O2S/c7-5-3-1-2-4-6(5)8;1-5(2,3)4/h1-4,7-8H;. The van der Waals surface area contributed by atoms with E-state index >= 15 is 0 Å². The number of hydrogen-bond acceptors (Lipinski definition) is 4. The molecule has 0 saturated carbocycles. The van der Waals surface area contributed by atoms with Crippen LogP contribution in [0.3, 0.4) is 0 Å². The van der Waals surface area contributed by atoms with E-state index in [9.17, 15) is 0 Å². The molecule has 0 aromatic heterocycles. The van der Waals surface area contributed by atoms with Crippen LogP contribution in [0.2, 0.25) is 0 Å². The summed E-state index contributed by atoms with van der Waals surface area (Å²) < 4.78 is 18.3. The van der Waals surface area contributed by atoms with Crippen molar-refractivity contribution in [3.05, 3.63) is 24.3 Å². The lowest BCUT2D eigenvalue weighted by Gasteiger charge is -1.91. The number of para-hydroxylation sites is 2. The second-order valence-electron chi connectivity index (χ2n) is 1.87. The lowest BCUT2D eigenvalue weighted by molar-refractivity contribution is 0.404. The van der Waals surface area contributed by atoms with E-state index in [4.69, 9.17) is 18.6 Å². The first-order chi connectivity index (χ1) is 5.80. The van der Waals surface area contributed by atoms with Crippen LogP contribution < -0.4 is 0 Å². The highest BCUT2D eigenvalue weighted by molar-refractivity contribution is 8.31. The minimum atomic E-state index is -3.72. The van der Waals surface area contributed by atoms with Crippen LogP contribution in [0.4, 0.5) is 0 Å². The van der Waals surface area contributed by atoms with Crippen molar-refractivity contribution in [2.45, 2.75) is 0 Å². The van der Waals surface area contributed by atoms with Gasteiger partial charge in [-0.25, -0.2) is 0 Å². The predicted octanol–water partition coefficient (Wildman–Crippen LogP) is 1.81. The average molecular weight is 245 g/mol. The van der Waals surface area contributed by atoms with Crippen LogP contribution in [-0.2, 0) is 8.26 Å². The Labute approximate surface area is 84.3 Å². The van der Waals surface area contributed by atoms with Gasteiger partial charge in [-0.2, -0.15) is 8.42 Å². The molecule has 0 aliphatic rings. The molecule has 0 amide bonds. The number of aromatic hydroxyl groups is 2. The second-order valence-corrected chi connectivity index (χ2v) is 5.54.